The van der Waals surface area contributed by atoms with E-state index in [0.717, 1.165) is 4.47 Å². The molecule has 0 spiro atoms. The quantitative estimate of drug-likeness (QED) is 0.766. The van der Waals surface area contributed by atoms with E-state index in [1.807, 2.05) is 5.38 Å². The van der Waals surface area contributed by atoms with Crippen molar-refractivity contribution in [1.82, 2.24) is 19.6 Å². The Bertz CT molecular complexity index is 790. The van der Waals surface area contributed by atoms with E-state index in [9.17, 15) is 4.79 Å². The summed E-state index contributed by atoms with van der Waals surface area (Å²) in [6, 6.07) is 3.80. The van der Waals surface area contributed by atoms with Crippen molar-refractivity contribution < 1.29 is 0 Å². The number of thiophene rings is 1. The minimum absolute atomic E-state index is 0.270. The zero-order valence-electron chi connectivity index (χ0n) is 9.98. The molecule has 0 atom stereocenters. The highest BCUT2D eigenvalue weighted by Gasteiger charge is 2.07. The van der Waals surface area contributed by atoms with Crippen LogP contribution in [0.3, 0.4) is 0 Å². The number of nitrogens with one attached hydrogen (secondary N) is 2. The first-order valence-corrected chi connectivity index (χ1v) is 7.22. The van der Waals surface area contributed by atoms with Gasteiger partial charge in [-0.05, 0) is 28.9 Å². The van der Waals surface area contributed by atoms with Gasteiger partial charge in [0.05, 0.1) is 6.54 Å². The Morgan fingerprint density at radius 3 is 3.11 bits per heavy atom. The summed E-state index contributed by atoms with van der Waals surface area (Å²) in [5.41, 5.74) is 0.293. The van der Waals surface area contributed by atoms with Crippen LogP contribution in [0, 0.1) is 6.92 Å². The van der Waals surface area contributed by atoms with Crippen LogP contribution in [0.2, 0.25) is 0 Å². The Morgan fingerprint density at radius 1 is 1.53 bits per heavy atom. The van der Waals surface area contributed by atoms with E-state index < -0.39 is 0 Å². The zero-order valence-corrected chi connectivity index (χ0v) is 12.4. The van der Waals surface area contributed by atoms with E-state index in [-0.39, 0.29) is 5.69 Å². The molecule has 0 amide bonds. The molecule has 0 aliphatic heterocycles. The fourth-order valence-corrected chi connectivity index (χ4v) is 3.20. The van der Waals surface area contributed by atoms with Crippen molar-refractivity contribution >= 4 is 38.7 Å². The summed E-state index contributed by atoms with van der Waals surface area (Å²) in [6.07, 6.45) is 0. The highest BCUT2D eigenvalue weighted by Crippen LogP contribution is 2.20. The van der Waals surface area contributed by atoms with Crippen LogP contribution in [0.25, 0.3) is 5.65 Å². The molecule has 0 aliphatic rings. The van der Waals surface area contributed by atoms with Crippen molar-refractivity contribution in [3.63, 3.8) is 0 Å². The number of anilines is 1. The van der Waals surface area contributed by atoms with Gasteiger partial charge in [0.1, 0.15) is 11.6 Å². The minimum atomic E-state index is -0.270. The van der Waals surface area contributed by atoms with Gasteiger partial charge < -0.3 is 5.32 Å². The number of nitrogens with zero attached hydrogens (tertiary/aromatic N) is 3. The molecule has 0 saturated carbocycles. The first-order chi connectivity index (χ1) is 9.13. The molecule has 8 heteroatoms. The lowest BCUT2D eigenvalue weighted by atomic mass is 10.4. The Morgan fingerprint density at radius 2 is 2.37 bits per heavy atom. The topological polar surface area (TPSA) is 75.1 Å². The third kappa shape index (κ3) is 2.41. The van der Waals surface area contributed by atoms with Crippen LogP contribution in [0.4, 0.5) is 5.82 Å². The van der Waals surface area contributed by atoms with Crippen LogP contribution >= 0.6 is 27.3 Å². The molecule has 19 heavy (non-hydrogen) atoms. The van der Waals surface area contributed by atoms with Crippen LogP contribution in [0.5, 0.6) is 0 Å². The van der Waals surface area contributed by atoms with Crippen molar-refractivity contribution in [1.29, 1.82) is 0 Å². The fraction of sp³-hybridized carbons (Fsp3) is 0.182. The molecule has 6 nitrogen and oxygen atoms in total. The molecule has 0 radical (unpaired) electrons. The second-order valence-corrected chi connectivity index (χ2v) is 5.91. The molecule has 0 aromatic carbocycles. The number of H-pyrrole nitrogens is 1. The van der Waals surface area contributed by atoms with Crippen molar-refractivity contribution in [2.45, 2.75) is 13.5 Å². The third-order valence-electron chi connectivity index (χ3n) is 2.64. The molecule has 3 heterocycles. The highest BCUT2D eigenvalue weighted by atomic mass is 79.9. The molecule has 0 fully saturated rings. The number of hydrogen-bond acceptors (Lipinski definition) is 5. The van der Waals surface area contributed by atoms with E-state index in [1.54, 1.807) is 24.3 Å². The first kappa shape index (κ1) is 12.4. The maximum absolute atomic E-state index is 11.5. The zero-order chi connectivity index (χ0) is 13.4. The van der Waals surface area contributed by atoms with Gasteiger partial charge in [-0.25, -0.2) is 19.3 Å². The van der Waals surface area contributed by atoms with Gasteiger partial charge in [-0.3, -0.25) is 0 Å². The monoisotopic (exact) mass is 339 g/mol. The first-order valence-electron chi connectivity index (χ1n) is 5.55. The standard InChI is InChI=1S/C11H10BrN5OS/c1-6-14-9(3-10-15-16-11(18)17(6)10)13-4-8-2-7(12)5-19-8/h2-3,5,13H,4H2,1H3,(H,16,18). The molecular weight excluding hydrogens is 330 g/mol. The summed E-state index contributed by atoms with van der Waals surface area (Å²) in [4.78, 5) is 17.0. The normalized spacial score (nSPS) is 11.1. The lowest BCUT2D eigenvalue weighted by Crippen LogP contribution is -2.14. The van der Waals surface area contributed by atoms with Crippen molar-refractivity contribution in [3.8, 4) is 0 Å². The van der Waals surface area contributed by atoms with Crippen molar-refractivity contribution in [3.05, 3.63) is 43.2 Å². The van der Waals surface area contributed by atoms with Crippen LogP contribution < -0.4 is 11.0 Å². The number of hydrogen-bond donors (Lipinski definition) is 2. The maximum atomic E-state index is 11.5. The van der Waals surface area contributed by atoms with Gasteiger partial charge in [-0.15, -0.1) is 11.3 Å². The number of aromatic amines is 1. The lowest BCUT2D eigenvalue weighted by Gasteiger charge is -2.05. The number of rotatable bonds is 3. The smallest absolute Gasteiger partial charge is 0.349 e. The van der Waals surface area contributed by atoms with Crippen molar-refractivity contribution in [2.24, 2.45) is 0 Å². The predicted octanol–water partition coefficient (Wildman–Crippen LogP) is 2.16. The summed E-state index contributed by atoms with van der Waals surface area (Å²) < 4.78 is 2.51. The molecule has 3 rings (SSSR count). The molecule has 98 valence electrons. The van der Waals surface area contributed by atoms with Crippen molar-refractivity contribution in [2.75, 3.05) is 5.32 Å². The Kier molecular flexibility index (Phi) is 3.11. The van der Waals surface area contributed by atoms with Gasteiger partial charge in [0.25, 0.3) is 0 Å². The third-order valence-corrected chi connectivity index (χ3v) is 4.33. The van der Waals surface area contributed by atoms with Gasteiger partial charge in [-0.2, -0.15) is 5.10 Å². The van der Waals surface area contributed by atoms with Gasteiger partial charge in [0.15, 0.2) is 5.65 Å². The molecule has 3 aromatic heterocycles. The fourth-order valence-electron chi connectivity index (χ4n) is 1.81. The van der Waals surface area contributed by atoms with E-state index in [4.69, 9.17) is 0 Å². The van der Waals surface area contributed by atoms with Gasteiger partial charge >= 0.3 is 5.69 Å². The summed E-state index contributed by atoms with van der Waals surface area (Å²) >= 11 is 5.09. The van der Waals surface area contributed by atoms with E-state index >= 15 is 0 Å². The Balaban J connectivity index is 1.87. The van der Waals surface area contributed by atoms with Crippen LogP contribution in [0.1, 0.15) is 10.7 Å². The molecule has 0 aliphatic carbocycles. The number of aryl methyl sites for hydroxylation is 1. The van der Waals surface area contributed by atoms with E-state index in [0.29, 0.717) is 23.8 Å². The van der Waals surface area contributed by atoms with E-state index in [2.05, 4.69) is 42.5 Å². The summed E-state index contributed by atoms with van der Waals surface area (Å²) in [6.45, 7) is 2.46. The maximum Gasteiger partial charge on any atom is 0.349 e. The second kappa shape index (κ2) is 4.78. The largest absolute Gasteiger partial charge is 0.365 e. The Hall–Kier alpha value is -1.67. The molecule has 0 bridgehead atoms. The minimum Gasteiger partial charge on any atom is -0.365 e. The van der Waals surface area contributed by atoms with Gasteiger partial charge in [0.2, 0.25) is 0 Å². The molecular formula is C11H10BrN5OS. The average molecular weight is 340 g/mol. The number of fused-ring (bicyclic) bond motifs is 1. The molecule has 3 aromatic rings. The molecule has 0 unspecified atom stereocenters. The van der Waals surface area contributed by atoms with E-state index in [1.165, 1.54) is 9.28 Å². The average Bonchev–Trinajstić information content (AvgIpc) is 2.94. The number of halogens is 1. The summed E-state index contributed by atoms with van der Waals surface area (Å²) in [5, 5.41) is 11.6. The van der Waals surface area contributed by atoms with Gasteiger partial charge in [-0.1, -0.05) is 0 Å². The number of aromatic nitrogens is 4. The van der Waals surface area contributed by atoms with Crippen LogP contribution in [-0.2, 0) is 6.54 Å². The SMILES string of the molecule is Cc1nc(NCc2cc(Br)cs2)cc2n[nH]c(=O)n12. The summed E-state index contributed by atoms with van der Waals surface area (Å²) in [5.74, 6) is 1.31. The molecule has 2 N–H and O–H groups in total. The predicted molar refractivity (Wildman–Crippen MR) is 77.7 cm³/mol. The highest BCUT2D eigenvalue weighted by molar-refractivity contribution is 9.10. The Labute approximate surface area is 120 Å². The lowest BCUT2D eigenvalue weighted by molar-refractivity contribution is 0.932. The van der Waals surface area contributed by atoms with Crippen LogP contribution in [0.15, 0.2) is 26.8 Å². The second-order valence-electron chi connectivity index (χ2n) is 4.00. The van der Waals surface area contributed by atoms with Gasteiger partial charge in [0, 0.05) is 20.8 Å². The summed E-state index contributed by atoms with van der Waals surface area (Å²) in [7, 11) is 0. The van der Waals surface area contributed by atoms with Crippen LogP contribution in [-0.4, -0.2) is 19.6 Å². The molecule has 0 saturated heterocycles.